The summed E-state index contributed by atoms with van der Waals surface area (Å²) in [5, 5.41) is 3.17. The van der Waals surface area contributed by atoms with Gasteiger partial charge in [0.05, 0.1) is 20.5 Å². The molecule has 0 heterocycles. The van der Waals surface area contributed by atoms with Gasteiger partial charge in [0.25, 0.3) is 0 Å². The molecule has 0 fully saturated rings. The number of hydrogen-bond donors (Lipinski definition) is 1. The molecule has 0 spiro atoms. The fraction of sp³-hybridized carbons (Fsp3) is 0.478. The van der Waals surface area contributed by atoms with E-state index in [2.05, 4.69) is 11.9 Å². The molecule has 0 saturated carbocycles. The maximum atomic E-state index is 6.00. The Bertz CT molecular complexity index is 550. The van der Waals surface area contributed by atoms with Gasteiger partial charge in [-0.05, 0) is 48.9 Å². The van der Waals surface area contributed by atoms with Gasteiger partial charge in [0.15, 0.2) is 0 Å². The number of likely N-dealkylation sites (N-methyl/N-ethyl adjacent to an activating group) is 1. The smallest absolute Gasteiger partial charge is 0.119 e. The van der Waals surface area contributed by atoms with Crippen molar-refractivity contribution in [3.8, 4) is 5.75 Å². The Hall–Kier alpha value is -2.04. The van der Waals surface area contributed by atoms with Crippen molar-refractivity contribution in [2.45, 2.75) is 40.7 Å². The van der Waals surface area contributed by atoms with Crippen LogP contribution in [-0.2, 0) is 9.47 Å². The van der Waals surface area contributed by atoms with E-state index in [9.17, 15) is 0 Å². The maximum absolute atomic E-state index is 6.00. The third-order valence-corrected chi connectivity index (χ3v) is 3.38. The Kier molecular flexibility index (Phi) is 18.9. The monoisotopic (exact) mass is 377 g/mol. The summed E-state index contributed by atoms with van der Waals surface area (Å²) >= 11 is 0. The van der Waals surface area contributed by atoms with Crippen LogP contribution in [-0.4, -0.2) is 34.4 Å². The highest BCUT2D eigenvalue weighted by molar-refractivity contribution is 5.42. The van der Waals surface area contributed by atoms with Crippen LogP contribution in [0, 0.1) is 0 Å². The molecule has 1 aromatic rings. The largest absolute Gasteiger partial charge is 0.504 e. The van der Waals surface area contributed by atoms with Gasteiger partial charge in [0.2, 0.25) is 0 Å². The molecule has 0 bridgehead atoms. The van der Waals surface area contributed by atoms with Crippen LogP contribution in [0.3, 0.4) is 0 Å². The van der Waals surface area contributed by atoms with E-state index in [0.717, 1.165) is 22.5 Å². The molecular formula is C23H39NO3. The van der Waals surface area contributed by atoms with E-state index in [0.29, 0.717) is 13.2 Å². The molecule has 1 rings (SSSR count). The van der Waals surface area contributed by atoms with E-state index >= 15 is 0 Å². The first-order valence-electron chi connectivity index (χ1n) is 9.66. The van der Waals surface area contributed by atoms with Crippen LogP contribution in [0.2, 0.25) is 0 Å². The first-order chi connectivity index (χ1) is 13.2. The summed E-state index contributed by atoms with van der Waals surface area (Å²) in [6.45, 7) is 15.2. The van der Waals surface area contributed by atoms with Crippen molar-refractivity contribution in [2.75, 3.05) is 34.4 Å². The Morgan fingerprint density at radius 2 is 1.85 bits per heavy atom. The summed E-state index contributed by atoms with van der Waals surface area (Å²) in [6, 6.07) is 7.90. The molecular weight excluding hydrogens is 338 g/mol. The van der Waals surface area contributed by atoms with E-state index < -0.39 is 0 Å². The third kappa shape index (κ3) is 10.0. The summed E-state index contributed by atoms with van der Waals surface area (Å²) in [6.07, 6.45) is 5.22. The fourth-order valence-electron chi connectivity index (χ4n) is 2.34. The molecule has 27 heavy (non-hydrogen) atoms. The van der Waals surface area contributed by atoms with Crippen molar-refractivity contribution < 1.29 is 14.2 Å². The highest BCUT2D eigenvalue weighted by atomic mass is 16.5. The molecule has 4 nitrogen and oxygen atoms in total. The maximum Gasteiger partial charge on any atom is 0.119 e. The highest BCUT2D eigenvalue weighted by Gasteiger charge is 2.18. The molecule has 4 heteroatoms. The van der Waals surface area contributed by atoms with Crippen molar-refractivity contribution in [1.82, 2.24) is 5.32 Å². The fourth-order valence-corrected chi connectivity index (χ4v) is 2.34. The first kappa shape index (κ1) is 27.2. The van der Waals surface area contributed by atoms with E-state index in [4.69, 9.17) is 14.2 Å². The Labute approximate surface area is 166 Å². The highest BCUT2D eigenvalue weighted by Crippen LogP contribution is 2.31. The van der Waals surface area contributed by atoms with Crippen LogP contribution in [0.25, 0.3) is 0 Å². The summed E-state index contributed by atoms with van der Waals surface area (Å²) in [7, 11) is 5.19. The molecule has 0 aliphatic rings. The average molecular weight is 378 g/mol. The summed E-state index contributed by atoms with van der Waals surface area (Å²) in [4.78, 5) is 0. The zero-order chi connectivity index (χ0) is 21.1. The quantitative estimate of drug-likeness (QED) is 0.420. The van der Waals surface area contributed by atoms with E-state index in [1.165, 1.54) is 0 Å². The lowest BCUT2D eigenvalue weighted by atomic mass is 9.96. The second-order valence-corrected chi connectivity index (χ2v) is 4.87. The molecule has 0 amide bonds. The summed E-state index contributed by atoms with van der Waals surface area (Å²) < 4.78 is 16.4. The third-order valence-electron chi connectivity index (χ3n) is 3.38. The van der Waals surface area contributed by atoms with Crippen LogP contribution in [0.5, 0.6) is 5.75 Å². The minimum Gasteiger partial charge on any atom is -0.504 e. The van der Waals surface area contributed by atoms with Gasteiger partial charge in [-0.3, -0.25) is 0 Å². The minimum absolute atomic E-state index is 0.211. The van der Waals surface area contributed by atoms with Crippen molar-refractivity contribution >= 4 is 0 Å². The topological polar surface area (TPSA) is 39.7 Å². The number of rotatable bonds is 10. The predicted octanol–water partition coefficient (Wildman–Crippen LogP) is 5.69. The van der Waals surface area contributed by atoms with E-state index in [1.807, 2.05) is 78.1 Å². The number of benzene rings is 1. The number of hydrogen-bond acceptors (Lipinski definition) is 4. The molecule has 1 unspecified atom stereocenters. The summed E-state index contributed by atoms with van der Waals surface area (Å²) in [5.74, 6) is 0.804. The SMILES string of the molecule is C=C/C(=C(\C=C\OC)CNC)C(OCC)c1cccc(OC)c1.CC.CC. The van der Waals surface area contributed by atoms with Gasteiger partial charge in [-0.2, -0.15) is 0 Å². The Balaban J connectivity index is 0. The van der Waals surface area contributed by atoms with Crippen LogP contribution in [0.1, 0.15) is 46.3 Å². The zero-order valence-electron chi connectivity index (χ0n) is 18.5. The van der Waals surface area contributed by atoms with Gasteiger partial charge >= 0.3 is 0 Å². The number of nitrogens with one attached hydrogen (secondary N) is 1. The number of methoxy groups -OCH3 is 2. The van der Waals surface area contributed by atoms with Crippen LogP contribution in [0.4, 0.5) is 0 Å². The first-order valence-corrected chi connectivity index (χ1v) is 9.66. The van der Waals surface area contributed by atoms with Gasteiger partial charge in [0.1, 0.15) is 11.9 Å². The molecule has 1 atom stereocenters. The van der Waals surface area contributed by atoms with Gasteiger partial charge < -0.3 is 19.5 Å². The standard InChI is InChI=1S/C19H27NO3.2C2H6/c1-6-18(16(14-20-3)11-12-21-4)19(23-7-2)15-9-8-10-17(13-15)22-5;2*1-2/h6,8-13,19-20H,1,7,14H2,2-5H3;2*1-2H3/b12-11+,18-16-;;. The van der Waals surface area contributed by atoms with Gasteiger partial charge in [0, 0.05) is 13.2 Å². The lowest BCUT2D eigenvalue weighted by molar-refractivity contribution is 0.0901. The Morgan fingerprint density at radius 3 is 2.33 bits per heavy atom. The second-order valence-electron chi connectivity index (χ2n) is 4.87. The van der Waals surface area contributed by atoms with Gasteiger partial charge in [-0.15, -0.1) is 0 Å². The van der Waals surface area contributed by atoms with Crippen LogP contribution >= 0.6 is 0 Å². The molecule has 0 aliphatic heterocycles. The molecule has 0 saturated heterocycles. The second kappa shape index (κ2) is 18.7. The molecule has 0 aliphatic carbocycles. The molecule has 1 N–H and O–H groups in total. The van der Waals surface area contributed by atoms with Crippen LogP contribution in [0.15, 0.2) is 60.4 Å². The number of ether oxygens (including phenoxy) is 3. The molecule has 0 radical (unpaired) electrons. The van der Waals surface area contributed by atoms with Crippen molar-refractivity contribution in [1.29, 1.82) is 0 Å². The van der Waals surface area contributed by atoms with Crippen molar-refractivity contribution in [3.05, 3.63) is 66.0 Å². The predicted molar refractivity (Wildman–Crippen MR) is 117 cm³/mol. The van der Waals surface area contributed by atoms with Crippen LogP contribution < -0.4 is 10.1 Å². The zero-order valence-corrected chi connectivity index (χ0v) is 18.5. The molecule has 0 aromatic heterocycles. The van der Waals surface area contributed by atoms with Gasteiger partial charge in [-0.1, -0.05) is 52.5 Å². The molecule has 154 valence electrons. The lowest BCUT2D eigenvalue weighted by Gasteiger charge is -2.22. The van der Waals surface area contributed by atoms with Gasteiger partial charge in [-0.25, -0.2) is 0 Å². The molecule has 1 aromatic carbocycles. The normalized spacial score (nSPS) is 12.0. The van der Waals surface area contributed by atoms with E-state index in [1.54, 1.807) is 20.5 Å². The average Bonchev–Trinajstić information content (AvgIpc) is 2.74. The van der Waals surface area contributed by atoms with Crippen molar-refractivity contribution in [2.24, 2.45) is 0 Å². The lowest BCUT2D eigenvalue weighted by Crippen LogP contribution is -2.15. The van der Waals surface area contributed by atoms with Crippen molar-refractivity contribution in [3.63, 3.8) is 0 Å². The summed E-state index contributed by atoms with van der Waals surface area (Å²) in [5.41, 5.74) is 3.09. The van der Waals surface area contributed by atoms with E-state index in [-0.39, 0.29) is 6.10 Å². The Morgan fingerprint density at radius 1 is 1.19 bits per heavy atom. The minimum atomic E-state index is -0.211.